The van der Waals surface area contributed by atoms with Gasteiger partial charge in [-0.05, 0) is 18.6 Å². The molecule has 0 amide bonds. The van der Waals surface area contributed by atoms with Gasteiger partial charge in [0.25, 0.3) is 5.69 Å². The van der Waals surface area contributed by atoms with Gasteiger partial charge in [-0.3, -0.25) is 10.1 Å². The average Bonchev–Trinajstić information content (AvgIpc) is 2.46. The van der Waals surface area contributed by atoms with Gasteiger partial charge in [0.2, 0.25) is 0 Å². The van der Waals surface area contributed by atoms with Crippen LogP contribution in [0.1, 0.15) is 6.42 Å². The molecule has 0 saturated heterocycles. The highest BCUT2D eigenvalue weighted by atomic mass is 32.2. The van der Waals surface area contributed by atoms with Gasteiger partial charge in [-0.15, -0.1) is 0 Å². The minimum Gasteiger partial charge on any atom is -0.494 e. The van der Waals surface area contributed by atoms with Crippen LogP contribution in [-0.4, -0.2) is 27.3 Å². The third-order valence-corrected chi connectivity index (χ3v) is 3.51. The number of benzene rings is 1. The Morgan fingerprint density at radius 1 is 1.18 bits per heavy atom. The number of anilines is 2. The summed E-state index contributed by atoms with van der Waals surface area (Å²) in [4.78, 5) is 18.2. The van der Waals surface area contributed by atoms with Crippen LogP contribution in [0.15, 0.2) is 35.5 Å². The topological polar surface area (TPSA) is 130 Å². The first kappa shape index (κ1) is 15.8. The Bertz CT molecular complexity index is 630. The summed E-state index contributed by atoms with van der Waals surface area (Å²) in [5, 5.41) is 11.1. The summed E-state index contributed by atoms with van der Waals surface area (Å²) >= 11 is 1.44. The molecule has 0 aliphatic carbocycles. The Morgan fingerprint density at radius 3 is 2.41 bits per heavy atom. The van der Waals surface area contributed by atoms with Gasteiger partial charge in [0.15, 0.2) is 5.16 Å². The normalized spacial score (nSPS) is 10.4. The molecule has 0 unspecified atom stereocenters. The molecule has 2 aromatic rings. The summed E-state index contributed by atoms with van der Waals surface area (Å²) < 4.78 is 5.50. The number of thioether (sulfide) groups is 1. The molecule has 0 atom stereocenters. The summed E-state index contributed by atoms with van der Waals surface area (Å²) in [5.74, 6) is 2.03. The fourth-order valence-corrected chi connectivity index (χ4v) is 2.39. The van der Waals surface area contributed by atoms with Crippen molar-refractivity contribution in [3.8, 4) is 5.75 Å². The quantitative estimate of drug-likeness (QED) is 0.261. The molecular formula is C13H15N5O3S. The largest absolute Gasteiger partial charge is 0.494 e. The summed E-state index contributed by atoms with van der Waals surface area (Å²) in [6, 6.07) is 7.47. The first-order valence-corrected chi connectivity index (χ1v) is 7.43. The predicted molar refractivity (Wildman–Crippen MR) is 84.8 cm³/mol. The average molecular weight is 321 g/mol. The van der Waals surface area contributed by atoms with Crippen molar-refractivity contribution in [2.45, 2.75) is 11.6 Å². The van der Waals surface area contributed by atoms with Crippen LogP contribution in [0, 0.1) is 10.1 Å². The van der Waals surface area contributed by atoms with Crippen LogP contribution < -0.4 is 16.2 Å². The summed E-state index contributed by atoms with van der Waals surface area (Å²) in [7, 11) is 0. The van der Waals surface area contributed by atoms with Crippen LogP contribution in [0.5, 0.6) is 5.75 Å². The zero-order chi connectivity index (χ0) is 15.9. The summed E-state index contributed by atoms with van der Waals surface area (Å²) in [6.07, 6.45) is 0.764. The number of nitrogens with zero attached hydrogens (tertiary/aromatic N) is 3. The molecule has 0 bridgehead atoms. The number of nitrogens with two attached hydrogens (primary N) is 2. The third kappa shape index (κ3) is 4.77. The molecule has 1 aromatic carbocycles. The van der Waals surface area contributed by atoms with E-state index in [-0.39, 0.29) is 5.69 Å². The number of hydrogen-bond donors (Lipinski definition) is 2. The minimum atomic E-state index is -0.447. The molecule has 0 saturated carbocycles. The lowest BCUT2D eigenvalue weighted by Crippen LogP contribution is -2.01. The lowest BCUT2D eigenvalue weighted by atomic mass is 10.3. The van der Waals surface area contributed by atoms with Crippen LogP contribution in [0.3, 0.4) is 0 Å². The smallest absolute Gasteiger partial charge is 0.269 e. The number of aromatic nitrogens is 2. The molecule has 1 heterocycles. The number of ether oxygens (including phenoxy) is 1. The number of rotatable bonds is 7. The van der Waals surface area contributed by atoms with Crippen molar-refractivity contribution in [1.29, 1.82) is 0 Å². The van der Waals surface area contributed by atoms with Crippen molar-refractivity contribution in [2.24, 2.45) is 0 Å². The second-order valence-electron chi connectivity index (χ2n) is 4.30. The molecule has 22 heavy (non-hydrogen) atoms. The highest BCUT2D eigenvalue weighted by Gasteiger charge is 2.05. The van der Waals surface area contributed by atoms with Crippen molar-refractivity contribution >= 4 is 29.1 Å². The molecule has 4 N–H and O–H groups in total. The van der Waals surface area contributed by atoms with E-state index >= 15 is 0 Å². The molecule has 0 radical (unpaired) electrons. The number of nitro benzene ring substituents is 1. The van der Waals surface area contributed by atoms with Gasteiger partial charge in [0.1, 0.15) is 17.4 Å². The molecule has 9 heteroatoms. The molecule has 8 nitrogen and oxygen atoms in total. The number of nitrogen functional groups attached to an aromatic ring is 2. The lowest BCUT2D eigenvalue weighted by molar-refractivity contribution is -0.384. The van der Waals surface area contributed by atoms with Gasteiger partial charge < -0.3 is 16.2 Å². The van der Waals surface area contributed by atoms with E-state index in [0.29, 0.717) is 29.1 Å². The van der Waals surface area contributed by atoms with Gasteiger partial charge in [-0.25, -0.2) is 9.97 Å². The Kier molecular flexibility index (Phi) is 5.37. The first-order chi connectivity index (χ1) is 10.5. The second kappa shape index (κ2) is 7.46. The molecule has 0 aliphatic heterocycles. The molecule has 2 rings (SSSR count). The number of nitro groups is 1. The molecule has 0 aliphatic rings. The maximum Gasteiger partial charge on any atom is 0.269 e. The molecule has 116 valence electrons. The van der Waals surface area contributed by atoms with Crippen molar-refractivity contribution in [3.05, 3.63) is 40.4 Å². The van der Waals surface area contributed by atoms with E-state index in [1.165, 1.54) is 30.0 Å². The van der Waals surface area contributed by atoms with Crippen LogP contribution in [0.25, 0.3) is 0 Å². The zero-order valence-electron chi connectivity index (χ0n) is 11.6. The van der Waals surface area contributed by atoms with Crippen LogP contribution >= 0.6 is 11.8 Å². The molecular weight excluding hydrogens is 306 g/mol. The molecule has 1 aromatic heterocycles. The Labute approximate surface area is 131 Å². The minimum absolute atomic E-state index is 0.0410. The lowest BCUT2D eigenvalue weighted by Gasteiger charge is -2.06. The van der Waals surface area contributed by atoms with E-state index in [9.17, 15) is 10.1 Å². The van der Waals surface area contributed by atoms with Gasteiger partial charge in [-0.1, -0.05) is 11.8 Å². The Hall–Kier alpha value is -2.55. The van der Waals surface area contributed by atoms with Gasteiger partial charge in [0, 0.05) is 24.0 Å². The SMILES string of the molecule is Nc1cc(N)nc(SCCCOc2ccc([N+](=O)[O-])cc2)n1. The van der Waals surface area contributed by atoms with E-state index in [0.717, 1.165) is 12.2 Å². The van der Waals surface area contributed by atoms with Crippen molar-refractivity contribution in [1.82, 2.24) is 9.97 Å². The Morgan fingerprint density at radius 2 is 1.82 bits per heavy atom. The predicted octanol–water partition coefficient (Wildman–Crippen LogP) is 2.11. The van der Waals surface area contributed by atoms with Gasteiger partial charge >= 0.3 is 0 Å². The van der Waals surface area contributed by atoms with E-state index in [1.807, 2.05) is 0 Å². The number of non-ortho nitro benzene ring substituents is 1. The summed E-state index contributed by atoms with van der Waals surface area (Å²) in [5.41, 5.74) is 11.2. The van der Waals surface area contributed by atoms with E-state index in [4.69, 9.17) is 16.2 Å². The Balaban J connectivity index is 1.72. The third-order valence-electron chi connectivity index (χ3n) is 2.58. The van der Waals surface area contributed by atoms with Crippen LogP contribution in [0.2, 0.25) is 0 Å². The molecule has 0 spiro atoms. The first-order valence-electron chi connectivity index (χ1n) is 6.44. The monoisotopic (exact) mass is 321 g/mol. The van der Waals surface area contributed by atoms with Gasteiger partial charge in [-0.2, -0.15) is 0 Å². The molecule has 0 fully saturated rings. The maximum atomic E-state index is 10.5. The van der Waals surface area contributed by atoms with Gasteiger partial charge in [0.05, 0.1) is 11.5 Å². The number of hydrogen-bond acceptors (Lipinski definition) is 8. The van der Waals surface area contributed by atoms with E-state index in [1.54, 1.807) is 12.1 Å². The van der Waals surface area contributed by atoms with E-state index in [2.05, 4.69) is 9.97 Å². The zero-order valence-corrected chi connectivity index (χ0v) is 12.5. The summed E-state index contributed by atoms with van der Waals surface area (Å²) in [6.45, 7) is 0.489. The maximum absolute atomic E-state index is 10.5. The highest BCUT2D eigenvalue weighted by molar-refractivity contribution is 7.99. The van der Waals surface area contributed by atoms with Crippen LogP contribution in [0.4, 0.5) is 17.3 Å². The fourth-order valence-electron chi connectivity index (χ4n) is 1.60. The van der Waals surface area contributed by atoms with E-state index < -0.39 is 4.92 Å². The highest BCUT2D eigenvalue weighted by Crippen LogP contribution is 2.19. The van der Waals surface area contributed by atoms with Crippen molar-refractivity contribution < 1.29 is 9.66 Å². The van der Waals surface area contributed by atoms with Crippen molar-refractivity contribution in [3.63, 3.8) is 0 Å². The van der Waals surface area contributed by atoms with Crippen molar-refractivity contribution in [2.75, 3.05) is 23.8 Å². The standard InChI is InChI=1S/C13H15N5O3S/c14-11-8-12(15)17-13(16-11)22-7-1-6-21-10-4-2-9(3-5-10)18(19)20/h2-5,8H,1,6-7H2,(H4,14,15,16,17). The van der Waals surface area contributed by atoms with Crippen LogP contribution in [-0.2, 0) is 0 Å². The fraction of sp³-hybridized carbons (Fsp3) is 0.231. The second-order valence-corrected chi connectivity index (χ2v) is 5.36.